The Hall–Kier alpha value is -0.120. The first-order valence-electron chi connectivity index (χ1n) is 5.05. The van der Waals surface area contributed by atoms with E-state index in [4.69, 9.17) is 9.47 Å². The molecule has 78 valence electrons. The summed E-state index contributed by atoms with van der Waals surface area (Å²) < 4.78 is 10.7. The van der Waals surface area contributed by atoms with Crippen LogP contribution in [0.4, 0.5) is 0 Å². The van der Waals surface area contributed by atoms with Crippen molar-refractivity contribution in [3.63, 3.8) is 0 Å². The molecule has 0 aliphatic carbocycles. The van der Waals surface area contributed by atoms with Gasteiger partial charge in [0.2, 0.25) is 0 Å². The van der Waals surface area contributed by atoms with Gasteiger partial charge in [-0.2, -0.15) is 0 Å². The Kier molecular flexibility index (Phi) is 4.70. The first-order chi connectivity index (χ1) is 6.27. The molecule has 0 saturated carbocycles. The molecule has 3 atom stereocenters. The lowest BCUT2D eigenvalue weighted by Crippen LogP contribution is -2.42. The van der Waals surface area contributed by atoms with Gasteiger partial charge in [0.25, 0.3) is 0 Å². The molecule has 3 unspecified atom stereocenters. The standard InChI is InChI=1S/C10H21NO2/c1-8(12-3)6-9-7-13-5-4-10(9)11-2/h8-11H,4-7H2,1-3H3. The van der Waals surface area contributed by atoms with Crippen LogP contribution in [0.5, 0.6) is 0 Å². The van der Waals surface area contributed by atoms with Gasteiger partial charge < -0.3 is 14.8 Å². The number of ether oxygens (including phenoxy) is 2. The van der Waals surface area contributed by atoms with Crippen molar-refractivity contribution in [3.05, 3.63) is 0 Å². The molecule has 0 radical (unpaired) electrons. The first kappa shape index (κ1) is 11.0. The number of hydrogen-bond donors (Lipinski definition) is 1. The normalized spacial score (nSPS) is 31.6. The second kappa shape index (κ2) is 5.58. The Labute approximate surface area is 80.8 Å². The van der Waals surface area contributed by atoms with E-state index in [0.29, 0.717) is 18.1 Å². The summed E-state index contributed by atoms with van der Waals surface area (Å²) in [6.45, 7) is 3.88. The average Bonchev–Trinajstić information content (AvgIpc) is 2.18. The predicted molar refractivity (Wildman–Crippen MR) is 52.9 cm³/mol. The van der Waals surface area contributed by atoms with E-state index in [1.54, 1.807) is 7.11 Å². The van der Waals surface area contributed by atoms with E-state index in [1.165, 1.54) is 0 Å². The molecule has 0 spiro atoms. The van der Waals surface area contributed by atoms with Crippen molar-refractivity contribution in [2.45, 2.75) is 31.9 Å². The maximum Gasteiger partial charge on any atom is 0.0547 e. The smallest absolute Gasteiger partial charge is 0.0547 e. The van der Waals surface area contributed by atoms with E-state index >= 15 is 0 Å². The molecule has 1 saturated heterocycles. The summed E-state index contributed by atoms with van der Waals surface area (Å²) in [7, 11) is 3.79. The highest BCUT2D eigenvalue weighted by molar-refractivity contribution is 4.79. The molecule has 0 aromatic rings. The molecule has 1 N–H and O–H groups in total. The number of methoxy groups -OCH3 is 1. The van der Waals surface area contributed by atoms with Crippen molar-refractivity contribution in [1.29, 1.82) is 0 Å². The lowest BCUT2D eigenvalue weighted by Gasteiger charge is -2.32. The summed E-state index contributed by atoms with van der Waals surface area (Å²) in [5.74, 6) is 0.605. The highest BCUT2D eigenvalue weighted by Crippen LogP contribution is 2.20. The van der Waals surface area contributed by atoms with Crippen LogP contribution in [0.2, 0.25) is 0 Å². The molecule has 3 nitrogen and oxygen atoms in total. The Morgan fingerprint density at radius 3 is 3.00 bits per heavy atom. The van der Waals surface area contributed by atoms with Gasteiger partial charge in [-0.1, -0.05) is 0 Å². The van der Waals surface area contributed by atoms with Gasteiger partial charge in [0.15, 0.2) is 0 Å². The van der Waals surface area contributed by atoms with E-state index in [-0.39, 0.29) is 0 Å². The molecule has 3 heteroatoms. The fourth-order valence-corrected chi connectivity index (χ4v) is 1.93. The zero-order valence-electron chi connectivity index (χ0n) is 8.88. The Morgan fingerprint density at radius 1 is 1.62 bits per heavy atom. The van der Waals surface area contributed by atoms with Crippen LogP contribution < -0.4 is 5.32 Å². The van der Waals surface area contributed by atoms with E-state index in [1.807, 2.05) is 7.05 Å². The quantitative estimate of drug-likeness (QED) is 0.713. The minimum absolute atomic E-state index is 0.336. The number of nitrogens with one attached hydrogen (secondary N) is 1. The van der Waals surface area contributed by atoms with Crippen molar-refractivity contribution in [1.82, 2.24) is 5.32 Å². The van der Waals surface area contributed by atoms with Crippen molar-refractivity contribution in [2.75, 3.05) is 27.4 Å². The maximum atomic E-state index is 5.46. The van der Waals surface area contributed by atoms with Crippen LogP contribution in [0.25, 0.3) is 0 Å². The highest BCUT2D eigenvalue weighted by Gasteiger charge is 2.25. The van der Waals surface area contributed by atoms with Gasteiger partial charge >= 0.3 is 0 Å². The Balaban J connectivity index is 2.35. The first-order valence-corrected chi connectivity index (χ1v) is 5.05. The molecule has 1 rings (SSSR count). The van der Waals surface area contributed by atoms with Crippen LogP contribution >= 0.6 is 0 Å². The zero-order chi connectivity index (χ0) is 9.68. The minimum atomic E-state index is 0.336. The SMILES string of the molecule is CNC1CCOCC1CC(C)OC. The highest BCUT2D eigenvalue weighted by atomic mass is 16.5. The monoisotopic (exact) mass is 187 g/mol. The van der Waals surface area contributed by atoms with Crippen LogP contribution in [-0.2, 0) is 9.47 Å². The van der Waals surface area contributed by atoms with Gasteiger partial charge in [0, 0.05) is 25.7 Å². The van der Waals surface area contributed by atoms with Crippen LogP contribution in [0.1, 0.15) is 19.8 Å². The third kappa shape index (κ3) is 3.25. The third-order valence-electron chi connectivity index (χ3n) is 2.88. The summed E-state index contributed by atoms with van der Waals surface area (Å²) in [5, 5.41) is 3.35. The van der Waals surface area contributed by atoms with Gasteiger partial charge in [0.05, 0.1) is 12.7 Å². The fraction of sp³-hybridized carbons (Fsp3) is 1.00. The predicted octanol–water partition coefficient (Wildman–Crippen LogP) is 1.04. The number of hydrogen-bond acceptors (Lipinski definition) is 3. The summed E-state index contributed by atoms with van der Waals surface area (Å²) in [5.41, 5.74) is 0. The zero-order valence-corrected chi connectivity index (χ0v) is 8.88. The Bertz CT molecular complexity index is 141. The van der Waals surface area contributed by atoms with Gasteiger partial charge in [-0.25, -0.2) is 0 Å². The maximum absolute atomic E-state index is 5.46. The Morgan fingerprint density at radius 2 is 2.38 bits per heavy atom. The molecular formula is C10H21NO2. The molecule has 1 fully saturated rings. The summed E-state index contributed by atoms with van der Waals surface area (Å²) in [4.78, 5) is 0. The lowest BCUT2D eigenvalue weighted by atomic mass is 9.91. The second-order valence-corrected chi connectivity index (χ2v) is 3.80. The molecule has 0 amide bonds. The fourth-order valence-electron chi connectivity index (χ4n) is 1.93. The molecule has 13 heavy (non-hydrogen) atoms. The lowest BCUT2D eigenvalue weighted by molar-refractivity contribution is 0.00432. The average molecular weight is 187 g/mol. The van der Waals surface area contributed by atoms with E-state index in [9.17, 15) is 0 Å². The van der Waals surface area contributed by atoms with Gasteiger partial charge in [-0.15, -0.1) is 0 Å². The van der Waals surface area contributed by atoms with Crippen LogP contribution in [0, 0.1) is 5.92 Å². The largest absolute Gasteiger partial charge is 0.382 e. The number of rotatable bonds is 4. The molecular weight excluding hydrogens is 166 g/mol. The van der Waals surface area contributed by atoms with Gasteiger partial charge in [-0.05, 0) is 26.8 Å². The molecule has 0 aromatic carbocycles. The molecule has 1 aliphatic rings. The van der Waals surface area contributed by atoms with Crippen molar-refractivity contribution >= 4 is 0 Å². The van der Waals surface area contributed by atoms with E-state index < -0.39 is 0 Å². The van der Waals surface area contributed by atoms with Crippen LogP contribution in [-0.4, -0.2) is 39.5 Å². The summed E-state index contributed by atoms with van der Waals surface area (Å²) >= 11 is 0. The molecule has 1 aliphatic heterocycles. The van der Waals surface area contributed by atoms with Crippen LogP contribution in [0.15, 0.2) is 0 Å². The van der Waals surface area contributed by atoms with Crippen molar-refractivity contribution in [3.8, 4) is 0 Å². The van der Waals surface area contributed by atoms with E-state index in [0.717, 1.165) is 26.1 Å². The van der Waals surface area contributed by atoms with Crippen molar-refractivity contribution < 1.29 is 9.47 Å². The second-order valence-electron chi connectivity index (χ2n) is 3.80. The van der Waals surface area contributed by atoms with Gasteiger partial charge in [-0.3, -0.25) is 0 Å². The van der Waals surface area contributed by atoms with Crippen LogP contribution in [0.3, 0.4) is 0 Å². The molecule has 1 heterocycles. The van der Waals surface area contributed by atoms with Crippen molar-refractivity contribution in [2.24, 2.45) is 5.92 Å². The summed E-state index contributed by atoms with van der Waals surface area (Å²) in [6.07, 6.45) is 2.54. The minimum Gasteiger partial charge on any atom is -0.382 e. The van der Waals surface area contributed by atoms with E-state index in [2.05, 4.69) is 12.2 Å². The third-order valence-corrected chi connectivity index (χ3v) is 2.88. The molecule has 0 bridgehead atoms. The van der Waals surface area contributed by atoms with Gasteiger partial charge in [0.1, 0.15) is 0 Å². The summed E-state index contributed by atoms with van der Waals surface area (Å²) in [6, 6.07) is 0.603. The molecule has 0 aromatic heterocycles. The topological polar surface area (TPSA) is 30.5 Å².